The molecule has 2 aromatic carbocycles. The average Bonchev–Trinajstić information content (AvgIpc) is 2.41. The van der Waals surface area contributed by atoms with Crippen LogP contribution in [0.2, 0.25) is 10.0 Å². The van der Waals surface area contributed by atoms with E-state index < -0.39 is 5.82 Å². The highest BCUT2D eigenvalue weighted by Crippen LogP contribution is 2.29. The first-order valence-electron chi connectivity index (χ1n) is 6.01. The van der Waals surface area contributed by atoms with E-state index >= 15 is 0 Å². The molecule has 0 aliphatic heterocycles. The highest BCUT2D eigenvalue weighted by molar-refractivity contribution is 6.31. The molecule has 0 aliphatic carbocycles. The minimum Gasteiger partial charge on any atom is -0.330 e. The van der Waals surface area contributed by atoms with E-state index in [-0.39, 0.29) is 10.9 Å². The second-order valence-corrected chi connectivity index (χ2v) is 5.16. The maximum absolute atomic E-state index is 13.4. The normalized spacial score (nSPS) is 12.4. The molecule has 4 heteroatoms. The van der Waals surface area contributed by atoms with Crippen molar-refractivity contribution in [1.82, 2.24) is 0 Å². The Morgan fingerprint density at radius 2 is 1.79 bits per heavy atom. The molecule has 0 heterocycles. The molecular weight excluding hydrogens is 284 g/mol. The second kappa shape index (κ2) is 6.38. The molecule has 0 saturated heterocycles. The third-order valence-corrected chi connectivity index (χ3v) is 3.89. The van der Waals surface area contributed by atoms with E-state index in [0.717, 1.165) is 11.1 Å². The minimum absolute atomic E-state index is 0.0213. The zero-order valence-corrected chi connectivity index (χ0v) is 11.8. The summed E-state index contributed by atoms with van der Waals surface area (Å²) in [6.07, 6.45) is 0.566. The third kappa shape index (κ3) is 3.27. The third-order valence-electron chi connectivity index (χ3n) is 3.13. The van der Waals surface area contributed by atoms with Crippen molar-refractivity contribution in [3.05, 3.63) is 69.5 Å². The van der Waals surface area contributed by atoms with Crippen LogP contribution in [0.3, 0.4) is 0 Å². The van der Waals surface area contributed by atoms with Crippen molar-refractivity contribution in [3.8, 4) is 0 Å². The van der Waals surface area contributed by atoms with Crippen LogP contribution in [0.25, 0.3) is 0 Å². The molecule has 1 atom stereocenters. The van der Waals surface area contributed by atoms with E-state index in [1.165, 1.54) is 6.07 Å². The molecular formula is C15H14Cl2FN. The molecule has 0 aliphatic rings. The first-order valence-corrected chi connectivity index (χ1v) is 6.76. The molecule has 0 aromatic heterocycles. The van der Waals surface area contributed by atoms with Crippen LogP contribution in [0.4, 0.5) is 4.39 Å². The molecule has 1 nitrogen and oxygen atoms in total. The van der Waals surface area contributed by atoms with Crippen LogP contribution >= 0.6 is 23.2 Å². The van der Waals surface area contributed by atoms with E-state index in [1.54, 1.807) is 6.07 Å². The van der Waals surface area contributed by atoms with E-state index in [1.807, 2.05) is 30.3 Å². The summed E-state index contributed by atoms with van der Waals surface area (Å²) >= 11 is 12.1. The summed E-state index contributed by atoms with van der Waals surface area (Å²) in [4.78, 5) is 0. The first kappa shape index (κ1) is 14.3. The Morgan fingerprint density at radius 3 is 2.47 bits per heavy atom. The second-order valence-electron chi connectivity index (χ2n) is 4.37. The van der Waals surface area contributed by atoms with Crippen LogP contribution in [0, 0.1) is 5.82 Å². The number of halogens is 3. The van der Waals surface area contributed by atoms with Gasteiger partial charge in [-0.25, -0.2) is 4.39 Å². The molecule has 2 aromatic rings. The zero-order chi connectivity index (χ0) is 13.8. The van der Waals surface area contributed by atoms with Gasteiger partial charge in [0.25, 0.3) is 0 Å². The molecule has 0 spiro atoms. The Hall–Kier alpha value is -1.09. The summed E-state index contributed by atoms with van der Waals surface area (Å²) in [7, 11) is 0. The molecule has 2 rings (SSSR count). The van der Waals surface area contributed by atoms with Crippen molar-refractivity contribution in [1.29, 1.82) is 0 Å². The number of hydrogen-bond donors (Lipinski definition) is 1. The lowest BCUT2D eigenvalue weighted by atomic mass is 9.92. The molecule has 2 N–H and O–H groups in total. The summed E-state index contributed by atoms with van der Waals surface area (Å²) in [5.41, 5.74) is 7.53. The fraction of sp³-hybridized carbons (Fsp3) is 0.200. The lowest BCUT2D eigenvalue weighted by Gasteiger charge is -2.17. The predicted molar refractivity (Wildman–Crippen MR) is 78.4 cm³/mol. The van der Waals surface area contributed by atoms with Gasteiger partial charge in [0.05, 0.1) is 5.02 Å². The van der Waals surface area contributed by atoms with E-state index in [9.17, 15) is 4.39 Å². The molecule has 19 heavy (non-hydrogen) atoms. The summed E-state index contributed by atoms with van der Waals surface area (Å²) in [5.74, 6) is -0.387. The Bertz CT molecular complexity index is 572. The highest BCUT2D eigenvalue weighted by atomic mass is 35.5. The number of rotatable bonds is 4. The summed E-state index contributed by atoms with van der Waals surface area (Å²) < 4.78 is 13.4. The van der Waals surface area contributed by atoms with Crippen LogP contribution < -0.4 is 5.73 Å². The van der Waals surface area contributed by atoms with Crippen molar-refractivity contribution >= 4 is 23.2 Å². The molecule has 0 radical (unpaired) electrons. The Kier molecular flexibility index (Phi) is 4.81. The smallest absolute Gasteiger partial charge is 0.142 e. The summed E-state index contributed by atoms with van der Waals surface area (Å²) in [6, 6.07) is 12.4. The van der Waals surface area contributed by atoms with Crippen molar-refractivity contribution in [2.75, 3.05) is 6.54 Å². The van der Waals surface area contributed by atoms with Gasteiger partial charge in [-0.15, -0.1) is 0 Å². The number of hydrogen-bond acceptors (Lipinski definition) is 1. The Morgan fingerprint density at radius 1 is 1.05 bits per heavy atom. The van der Waals surface area contributed by atoms with Crippen LogP contribution in [0.15, 0.2) is 42.5 Å². The lowest BCUT2D eigenvalue weighted by molar-refractivity contribution is 0.621. The summed E-state index contributed by atoms with van der Waals surface area (Å²) in [5, 5.41) is 0.832. The van der Waals surface area contributed by atoms with Crippen molar-refractivity contribution < 1.29 is 4.39 Å². The van der Waals surface area contributed by atoms with E-state index in [0.29, 0.717) is 18.0 Å². The SMILES string of the molecule is NCC(Cc1cccc(F)c1Cl)c1ccccc1Cl. The molecule has 0 fully saturated rings. The van der Waals surface area contributed by atoms with Crippen LogP contribution in [-0.4, -0.2) is 6.54 Å². The van der Waals surface area contributed by atoms with Crippen molar-refractivity contribution in [2.45, 2.75) is 12.3 Å². The standard InChI is InChI=1S/C15H14Cl2FN/c16-13-6-2-1-5-12(13)11(9-19)8-10-4-3-7-14(18)15(10)17/h1-7,11H,8-9,19H2. The van der Waals surface area contributed by atoms with Crippen molar-refractivity contribution in [2.24, 2.45) is 5.73 Å². The molecule has 100 valence electrons. The van der Waals surface area contributed by atoms with E-state index in [2.05, 4.69) is 0 Å². The van der Waals surface area contributed by atoms with Gasteiger partial charge < -0.3 is 5.73 Å². The van der Waals surface area contributed by atoms with Crippen LogP contribution in [0.1, 0.15) is 17.0 Å². The maximum atomic E-state index is 13.4. The van der Waals surface area contributed by atoms with Gasteiger partial charge in [-0.3, -0.25) is 0 Å². The lowest BCUT2D eigenvalue weighted by Crippen LogP contribution is -2.15. The van der Waals surface area contributed by atoms with Gasteiger partial charge in [0.1, 0.15) is 5.82 Å². The number of nitrogens with two attached hydrogens (primary N) is 1. The molecule has 0 saturated carbocycles. The fourth-order valence-electron chi connectivity index (χ4n) is 2.10. The van der Waals surface area contributed by atoms with Gasteiger partial charge in [0.15, 0.2) is 0 Å². The topological polar surface area (TPSA) is 26.0 Å². The quantitative estimate of drug-likeness (QED) is 0.888. The van der Waals surface area contributed by atoms with Crippen molar-refractivity contribution in [3.63, 3.8) is 0 Å². The molecule has 1 unspecified atom stereocenters. The predicted octanol–water partition coefficient (Wildman–Crippen LogP) is 4.42. The van der Waals surface area contributed by atoms with Gasteiger partial charge in [0, 0.05) is 10.9 Å². The van der Waals surface area contributed by atoms with Gasteiger partial charge in [-0.2, -0.15) is 0 Å². The van der Waals surface area contributed by atoms with Gasteiger partial charge in [-0.05, 0) is 36.2 Å². The van der Waals surface area contributed by atoms with Gasteiger partial charge in [0.2, 0.25) is 0 Å². The number of benzene rings is 2. The largest absolute Gasteiger partial charge is 0.330 e. The van der Waals surface area contributed by atoms with Gasteiger partial charge in [-0.1, -0.05) is 53.5 Å². The molecule has 0 bridgehead atoms. The molecule has 0 amide bonds. The Balaban J connectivity index is 2.30. The average molecular weight is 298 g/mol. The van der Waals surface area contributed by atoms with Crippen LogP contribution in [-0.2, 0) is 6.42 Å². The van der Waals surface area contributed by atoms with Gasteiger partial charge >= 0.3 is 0 Å². The highest BCUT2D eigenvalue weighted by Gasteiger charge is 2.16. The summed E-state index contributed by atoms with van der Waals surface area (Å²) in [6.45, 7) is 0.427. The monoisotopic (exact) mass is 297 g/mol. The maximum Gasteiger partial charge on any atom is 0.142 e. The Labute approximate surface area is 122 Å². The first-order chi connectivity index (χ1) is 9.13. The minimum atomic E-state index is -0.408. The fourth-order valence-corrected chi connectivity index (χ4v) is 2.59. The zero-order valence-electron chi connectivity index (χ0n) is 10.2. The van der Waals surface area contributed by atoms with E-state index in [4.69, 9.17) is 28.9 Å². The van der Waals surface area contributed by atoms with Crippen LogP contribution in [0.5, 0.6) is 0 Å².